The van der Waals surface area contributed by atoms with Crippen LogP contribution in [0.2, 0.25) is 0 Å². The summed E-state index contributed by atoms with van der Waals surface area (Å²) in [5.41, 5.74) is 1.85. The topological polar surface area (TPSA) is 87.2 Å². The third-order valence-corrected chi connectivity index (χ3v) is 6.34. The van der Waals surface area contributed by atoms with E-state index in [2.05, 4.69) is 0 Å². The van der Waals surface area contributed by atoms with E-state index in [1.54, 1.807) is 31.1 Å². The van der Waals surface area contributed by atoms with Crippen molar-refractivity contribution in [2.45, 2.75) is 18.4 Å². The van der Waals surface area contributed by atoms with E-state index in [-0.39, 0.29) is 16.7 Å². The molecule has 0 aromatic heterocycles. The highest BCUT2D eigenvalue weighted by Crippen LogP contribution is 2.17. The molecule has 2 amide bonds. The summed E-state index contributed by atoms with van der Waals surface area (Å²) in [4.78, 5) is 32.8. The summed E-state index contributed by atoms with van der Waals surface area (Å²) in [5.74, 6) is -0.297. The second-order valence-electron chi connectivity index (χ2n) is 6.84. The van der Waals surface area contributed by atoms with Gasteiger partial charge in [0.15, 0.2) is 0 Å². The Morgan fingerprint density at radius 3 is 1.83 bits per heavy atom. The fourth-order valence-electron chi connectivity index (χ4n) is 2.76. The number of sulfonamides is 1. The maximum Gasteiger partial charge on any atom is 0.264 e. The van der Waals surface area contributed by atoms with E-state index in [4.69, 9.17) is 4.84 Å². The molecule has 0 bridgehead atoms. The minimum absolute atomic E-state index is 0.0348. The largest absolute Gasteiger partial charge is 0.345 e. The summed E-state index contributed by atoms with van der Waals surface area (Å²) in [6, 6.07) is 12.9. The van der Waals surface area contributed by atoms with Crippen LogP contribution in [0.4, 0.5) is 0 Å². The SMILES string of the molecule is CCN(Cc1ccc(C(=O)N(C)C)cc1)C(=O)c1ccc(S(=O)(=O)N(C)OC)cc1. The number of rotatable bonds is 8. The van der Waals surface area contributed by atoms with E-state index in [1.807, 2.05) is 19.1 Å². The molecule has 0 spiro atoms. The van der Waals surface area contributed by atoms with Gasteiger partial charge in [0, 0.05) is 45.4 Å². The highest BCUT2D eigenvalue weighted by Gasteiger charge is 2.22. The second-order valence-corrected chi connectivity index (χ2v) is 8.77. The van der Waals surface area contributed by atoms with Crippen LogP contribution >= 0.6 is 0 Å². The molecule has 9 heteroatoms. The molecule has 0 saturated carbocycles. The van der Waals surface area contributed by atoms with Crippen LogP contribution in [0, 0.1) is 0 Å². The number of benzene rings is 2. The molecule has 0 aliphatic carbocycles. The van der Waals surface area contributed by atoms with Gasteiger partial charge in [0.25, 0.3) is 21.8 Å². The Hall–Kier alpha value is -2.75. The number of carbonyl (C=O) groups excluding carboxylic acids is 2. The standard InChI is InChI=1S/C21H27N3O5S/c1-6-24(15-16-7-9-17(10-8-16)20(25)22(2)3)21(26)18-11-13-19(14-12-18)30(27,28)23(4)29-5/h7-14H,6,15H2,1-5H3. The van der Waals surface area contributed by atoms with Gasteiger partial charge in [-0.25, -0.2) is 8.42 Å². The molecular weight excluding hydrogens is 406 g/mol. The first-order valence-electron chi connectivity index (χ1n) is 9.34. The van der Waals surface area contributed by atoms with Gasteiger partial charge < -0.3 is 9.80 Å². The molecule has 2 aromatic carbocycles. The normalized spacial score (nSPS) is 11.4. The number of hydroxylamine groups is 1. The van der Waals surface area contributed by atoms with Crippen LogP contribution in [0.5, 0.6) is 0 Å². The zero-order valence-corrected chi connectivity index (χ0v) is 18.6. The lowest BCUT2D eigenvalue weighted by Gasteiger charge is -2.22. The maximum atomic E-state index is 12.9. The van der Waals surface area contributed by atoms with Crippen molar-refractivity contribution in [3.63, 3.8) is 0 Å². The summed E-state index contributed by atoms with van der Waals surface area (Å²) in [7, 11) is 2.17. The quantitative estimate of drug-likeness (QED) is 0.596. The van der Waals surface area contributed by atoms with Crippen molar-refractivity contribution in [2.75, 3.05) is 34.8 Å². The van der Waals surface area contributed by atoms with Gasteiger partial charge in [-0.2, -0.15) is 0 Å². The Morgan fingerprint density at radius 2 is 1.37 bits per heavy atom. The third kappa shape index (κ3) is 5.24. The fraction of sp³-hybridized carbons (Fsp3) is 0.333. The van der Waals surface area contributed by atoms with E-state index in [0.29, 0.717) is 24.2 Å². The second kappa shape index (κ2) is 9.84. The Balaban J connectivity index is 2.15. The van der Waals surface area contributed by atoms with Crippen LogP contribution in [0.15, 0.2) is 53.4 Å². The van der Waals surface area contributed by atoms with Crippen LogP contribution in [0.25, 0.3) is 0 Å². The molecule has 8 nitrogen and oxygen atoms in total. The first-order chi connectivity index (χ1) is 14.1. The monoisotopic (exact) mass is 433 g/mol. The van der Waals surface area contributed by atoms with Crippen LogP contribution in [0.1, 0.15) is 33.2 Å². The van der Waals surface area contributed by atoms with E-state index in [0.717, 1.165) is 10.0 Å². The van der Waals surface area contributed by atoms with Gasteiger partial charge >= 0.3 is 0 Å². The van der Waals surface area contributed by atoms with E-state index in [9.17, 15) is 18.0 Å². The Bertz CT molecular complexity index is 986. The maximum absolute atomic E-state index is 12.9. The first-order valence-corrected chi connectivity index (χ1v) is 10.8. The molecule has 0 heterocycles. The van der Waals surface area contributed by atoms with Crippen LogP contribution in [-0.2, 0) is 21.4 Å². The highest BCUT2D eigenvalue weighted by molar-refractivity contribution is 7.89. The molecule has 30 heavy (non-hydrogen) atoms. The Morgan fingerprint density at radius 1 is 0.867 bits per heavy atom. The van der Waals surface area contributed by atoms with Gasteiger partial charge in [-0.15, -0.1) is 0 Å². The molecule has 0 radical (unpaired) electrons. The molecular formula is C21H27N3O5S. The van der Waals surface area contributed by atoms with Crippen molar-refractivity contribution < 1.29 is 22.8 Å². The lowest BCUT2D eigenvalue weighted by Crippen LogP contribution is -2.30. The number of hydrogen-bond donors (Lipinski definition) is 0. The molecule has 2 rings (SSSR count). The summed E-state index contributed by atoms with van der Waals surface area (Å²) < 4.78 is 25.3. The molecule has 0 aliphatic heterocycles. The number of amides is 2. The van der Waals surface area contributed by atoms with E-state index >= 15 is 0 Å². The summed E-state index contributed by atoms with van der Waals surface area (Å²) in [6.07, 6.45) is 0. The minimum atomic E-state index is -3.77. The molecule has 0 unspecified atom stereocenters. The fourth-order valence-corrected chi connectivity index (χ4v) is 3.73. The Kier molecular flexibility index (Phi) is 7.71. The third-order valence-electron chi connectivity index (χ3n) is 4.64. The van der Waals surface area contributed by atoms with Gasteiger partial charge in [-0.1, -0.05) is 16.6 Å². The van der Waals surface area contributed by atoms with Crippen molar-refractivity contribution in [1.29, 1.82) is 0 Å². The average Bonchev–Trinajstić information content (AvgIpc) is 2.76. The highest BCUT2D eigenvalue weighted by atomic mass is 32.2. The summed E-state index contributed by atoms with van der Waals surface area (Å²) in [6.45, 7) is 2.72. The van der Waals surface area contributed by atoms with Gasteiger partial charge in [0.2, 0.25) is 0 Å². The smallest absolute Gasteiger partial charge is 0.264 e. The van der Waals surface area contributed by atoms with E-state index < -0.39 is 10.0 Å². The van der Waals surface area contributed by atoms with Crippen LogP contribution < -0.4 is 0 Å². The first kappa shape index (κ1) is 23.5. The predicted octanol–water partition coefficient (Wildman–Crippen LogP) is 2.23. The lowest BCUT2D eigenvalue weighted by molar-refractivity contribution is -0.0258. The molecule has 2 aromatic rings. The number of carbonyl (C=O) groups is 2. The molecule has 162 valence electrons. The van der Waals surface area contributed by atoms with Gasteiger partial charge in [-0.3, -0.25) is 14.4 Å². The molecule has 0 atom stereocenters. The predicted molar refractivity (Wildman–Crippen MR) is 113 cm³/mol. The minimum Gasteiger partial charge on any atom is -0.345 e. The average molecular weight is 434 g/mol. The van der Waals surface area contributed by atoms with Crippen LogP contribution in [0.3, 0.4) is 0 Å². The molecule has 0 aliphatic rings. The van der Waals surface area contributed by atoms with Crippen molar-refractivity contribution >= 4 is 21.8 Å². The van der Waals surface area contributed by atoms with Crippen molar-refractivity contribution in [3.8, 4) is 0 Å². The molecule has 0 N–H and O–H groups in total. The van der Waals surface area contributed by atoms with Gasteiger partial charge in [0.05, 0.1) is 12.0 Å². The van der Waals surface area contributed by atoms with Gasteiger partial charge in [-0.05, 0) is 48.9 Å². The zero-order chi connectivity index (χ0) is 22.5. The van der Waals surface area contributed by atoms with Gasteiger partial charge in [0.1, 0.15) is 0 Å². The van der Waals surface area contributed by atoms with Crippen LogP contribution in [-0.4, -0.2) is 69.3 Å². The molecule has 0 fully saturated rings. The van der Waals surface area contributed by atoms with Crippen molar-refractivity contribution in [2.24, 2.45) is 0 Å². The summed E-state index contributed by atoms with van der Waals surface area (Å²) >= 11 is 0. The summed E-state index contributed by atoms with van der Waals surface area (Å²) in [5, 5.41) is 0. The Labute approximate surface area is 177 Å². The number of hydrogen-bond acceptors (Lipinski definition) is 5. The number of nitrogens with zero attached hydrogens (tertiary/aromatic N) is 3. The zero-order valence-electron chi connectivity index (χ0n) is 17.8. The van der Waals surface area contributed by atoms with E-state index in [1.165, 1.54) is 43.3 Å². The lowest BCUT2D eigenvalue weighted by atomic mass is 10.1. The van der Waals surface area contributed by atoms with Crippen molar-refractivity contribution in [3.05, 3.63) is 65.2 Å². The molecule has 0 saturated heterocycles. The van der Waals surface area contributed by atoms with Crippen molar-refractivity contribution in [1.82, 2.24) is 14.3 Å².